The van der Waals surface area contributed by atoms with Crippen LogP contribution in [0, 0.1) is 5.82 Å². The lowest BCUT2D eigenvalue weighted by atomic mass is 10.0. The van der Waals surface area contributed by atoms with E-state index >= 15 is 0 Å². The molecule has 2 fully saturated rings. The Morgan fingerprint density at radius 1 is 1.11 bits per heavy atom. The third kappa shape index (κ3) is 3.83. The molecule has 0 aliphatic carbocycles. The molecule has 3 amide bonds. The van der Waals surface area contributed by atoms with Crippen LogP contribution in [0.4, 0.5) is 10.1 Å². The summed E-state index contributed by atoms with van der Waals surface area (Å²) in [5.74, 6) is -0.568. The molecule has 6 rings (SSSR count). The van der Waals surface area contributed by atoms with Gasteiger partial charge in [0, 0.05) is 48.7 Å². The molecule has 2 atom stereocenters. The summed E-state index contributed by atoms with van der Waals surface area (Å²) in [6.07, 6.45) is 0.551. The van der Waals surface area contributed by atoms with Crippen LogP contribution < -0.4 is 15.0 Å². The maximum Gasteiger partial charge on any atom is 0.255 e. The molecule has 2 aromatic rings. The van der Waals surface area contributed by atoms with Gasteiger partial charge in [0.15, 0.2) is 0 Å². The average molecular weight is 499 g/mol. The maximum absolute atomic E-state index is 13.4. The summed E-state index contributed by atoms with van der Waals surface area (Å²) in [5, 5.41) is 2.77. The van der Waals surface area contributed by atoms with Gasteiger partial charge in [-0.2, -0.15) is 0 Å². The van der Waals surface area contributed by atoms with Crippen molar-refractivity contribution in [2.75, 3.05) is 31.1 Å². The summed E-state index contributed by atoms with van der Waals surface area (Å²) in [4.78, 5) is 43.2. The summed E-state index contributed by atoms with van der Waals surface area (Å²) in [6, 6.07) is 7.73. The molecule has 8 nitrogen and oxygen atoms in total. The smallest absolute Gasteiger partial charge is 0.255 e. The van der Waals surface area contributed by atoms with Crippen molar-refractivity contribution < 1.29 is 23.5 Å². The topological polar surface area (TPSA) is 82.2 Å². The Hall–Kier alpha value is -3.17. The minimum atomic E-state index is -0.651. The van der Waals surface area contributed by atoms with E-state index in [1.165, 1.54) is 12.1 Å². The first-order valence-electron chi connectivity index (χ1n) is 11.8. The number of halogens is 2. The molecule has 0 unspecified atom stereocenters. The molecule has 0 radical (unpaired) electrons. The second-order valence-electron chi connectivity index (χ2n) is 9.47. The number of hydrogen-bond acceptors (Lipinski definition) is 6. The van der Waals surface area contributed by atoms with E-state index in [1.807, 2.05) is 12.1 Å². The number of hydrogen-bond donors (Lipinski definition) is 1. The molecule has 0 aromatic heterocycles. The van der Waals surface area contributed by atoms with Crippen LogP contribution in [-0.2, 0) is 22.7 Å². The highest BCUT2D eigenvalue weighted by molar-refractivity contribution is 6.31. The van der Waals surface area contributed by atoms with Gasteiger partial charge in [0.25, 0.3) is 5.91 Å². The van der Waals surface area contributed by atoms with Gasteiger partial charge < -0.3 is 14.5 Å². The number of anilines is 1. The monoisotopic (exact) mass is 498 g/mol. The highest BCUT2D eigenvalue weighted by Gasteiger charge is 2.43. The Morgan fingerprint density at radius 3 is 2.77 bits per heavy atom. The normalized spacial score (nSPS) is 24.0. The number of nitrogens with one attached hydrogen (secondary N) is 1. The second kappa shape index (κ2) is 8.49. The van der Waals surface area contributed by atoms with E-state index in [9.17, 15) is 18.8 Å². The number of nitrogens with zero attached hydrogens (tertiary/aromatic N) is 3. The molecular formula is C25H24ClFN4O4. The van der Waals surface area contributed by atoms with Crippen molar-refractivity contribution in [3.63, 3.8) is 0 Å². The van der Waals surface area contributed by atoms with Gasteiger partial charge in [0.1, 0.15) is 24.2 Å². The van der Waals surface area contributed by atoms with Crippen LogP contribution in [0.3, 0.4) is 0 Å². The van der Waals surface area contributed by atoms with Crippen molar-refractivity contribution in [3.8, 4) is 5.75 Å². The molecule has 0 bridgehead atoms. The number of amides is 3. The minimum absolute atomic E-state index is 0.136. The van der Waals surface area contributed by atoms with E-state index in [2.05, 4.69) is 15.1 Å². The van der Waals surface area contributed by atoms with Gasteiger partial charge in [0.2, 0.25) is 11.8 Å². The largest absolute Gasteiger partial charge is 0.489 e. The number of rotatable bonds is 3. The van der Waals surface area contributed by atoms with Crippen LogP contribution >= 0.6 is 11.6 Å². The summed E-state index contributed by atoms with van der Waals surface area (Å²) < 4.78 is 19.6. The number of fused-ring (bicyclic) bond motifs is 5. The zero-order chi connectivity index (χ0) is 24.3. The summed E-state index contributed by atoms with van der Waals surface area (Å²) in [5.41, 5.74) is 3.20. The number of imide groups is 1. The number of carbonyl (C=O) groups excluding carboxylic acids is 3. The summed E-state index contributed by atoms with van der Waals surface area (Å²) in [7, 11) is 0. The molecule has 4 aliphatic heterocycles. The van der Waals surface area contributed by atoms with Gasteiger partial charge in [-0.25, -0.2) is 4.39 Å². The highest BCUT2D eigenvalue weighted by atomic mass is 35.5. The molecule has 0 spiro atoms. The third-order valence-electron chi connectivity index (χ3n) is 7.35. The summed E-state index contributed by atoms with van der Waals surface area (Å²) >= 11 is 6.23. The number of piperidine rings is 1. The van der Waals surface area contributed by atoms with Gasteiger partial charge in [-0.15, -0.1) is 0 Å². The van der Waals surface area contributed by atoms with E-state index < -0.39 is 11.9 Å². The van der Waals surface area contributed by atoms with Gasteiger partial charge in [-0.3, -0.25) is 24.6 Å². The Balaban J connectivity index is 1.19. The minimum Gasteiger partial charge on any atom is -0.489 e. The number of benzene rings is 2. The lowest BCUT2D eigenvalue weighted by Gasteiger charge is -2.46. The van der Waals surface area contributed by atoms with Gasteiger partial charge in [-0.1, -0.05) is 17.7 Å². The van der Waals surface area contributed by atoms with E-state index in [1.54, 1.807) is 11.0 Å². The first-order chi connectivity index (χ1) is 16.9. The highest BCUT2D eigenvalue weighted by Crippen LogP contribution is 2.43. The van der Waals surface area contributed by atoms with Crippen molar-refractivity contribution in [1.82, 2.24) is 15.1 Å². The van der Waals surface area contributed by atoms with Crippen LogP contribution in [0.1, 0.15) is 34.3 Å². The molecule has 2 aromatic carbocycles. The molecule has 182 valence electrons. The van der Waals surface area contributed by atoms with E-state index in [0.717, 1.165) is 36.4 Å². The van der Waals surface area contributed by atoms with Crippen molar-refractivity contribution >= 4 is 35.0 Å². The first kappa shape index (κ1) is 22.3. The quantitative estimate of drug-likeness (QED) is 0.654. The fraction of sp³-hybridized carbons (Fsp3) is 0.400. The van der Waals surface area contributed by atoms with E-state index in [-0.39, 0.29) is 36.6 Å². The first-order valence-corrected chi connectivity index (χ1v) is 12.1. The Labute approximate surface area is 206 Å². The molecule has 1 N–H and O–H groups in total. The predicted octanol–water partition coefficient (Wildman–Crippen LogP) is 2.32. The molecule has 2 saturated heterocycles. The lowest BCUT2D eigenvalue weighted by molar-refractivity contribution is -0.136. The maximum atomic E-state index is 13.4. The Kier molecular flexibility index (Phi) is 5.41. The molecule has 35 heavy (non-hydrogen) atoms. The van der Waals surface area contributed by atoms with E-state index in [0.29, 0.717) is 35.9 Å². The Morgan fingerprint density at radius 2 is 1.97 bits per heavy atom. The van der Waals surface area contributed by atoms with Crippen molar-refractivity contribution in [3.05, 3.63) is 57.9 Å². The van der Waals surface area contributed by atoms with Gasteiger partial charge in [0.05, 0.1) is 18.3 Å². The SMILES string of the molecule is O=C1CC[C@H](N2Cc3c(ccc4c3OC[C@@H]3CN(Cc5ccc(F)cc5Cl)CCN43)C2=O)C(=O)N1. The second-order valence-corrected chi connectivity index (χ2v) is 9.88. The average Bonchev–Trinajstić information content (AvgIpc) is 3.17. The predicted molar refractivity (Wildman–Crippen MR) is 126 cm³/mol. The molecule has 4 heterocycles. The zero-order valence-corrected chi connectivity index (χ0v) is 19.7. The van der Waals surface area contributed by atoms with Crippen molar-refractivity contribution in [2.45, 2.75) is 38.0 Å². The number of carbonyl (C=O) groups is 3. The van der Waals surface area contributed by atoms with Crippen LogP contribution in [0.2, 0.25) is 5.02 Å². The fourth-order valence-electron chi connectivity index (χ4n) is 5.58. The van der Waals surface area contributed by atoms with Gasteiger partial charge >= 0.3 is 0 Å². The number of ether oxygens (including phenoxy) is 1. The fourth-order valence-corrected chi connectivity index (χ4v) is 5.81. The van der Waals surface area contributed by atoms with Crippen molar-refractivity contribution in [2.24, 2.45) is 0 Å². The van der Waals surface area contributed by atoms with Gasteiger partial charge in [-0.05, 0) is 36.2 Å². The molecule has 0 saturated carbocycles. The molecule has 4 aliphatic rings. The van der Waals surface area contributed by atoms with E-state index in [4.69, 9.17) is 16.3 Å². The van der Waals surface area contributed by atoms with Crippen LogP contribution in [0.15, 0.2) is 30.3 Å². The standard InChI is InChI=1S/C25H24ClFN4O4/c26-19-9-15(27)2-1-14(19)10-29-7-8-30-16(11-29)13-35-23-18-12-31(21-5-6-22(32)28-24(21)33)25(34)17(18)3-4-20(23)30/h1-4,9,16,21H,5-8,10-13H2,(H,28,32,33)/t16-,21-/m0/s1. The molecule has 10 heteroatoms. The third-order valence-corrected chi connectivity index (χ3v) is 7.70. The lowest BCUT2D eigenvalue weighted by Crippen LogP contribution is -2.57. The Bertz CT molecular complexity index is 1250. The van der Waals surface area contributed by atoms with Crippen molar-refractivity contribution in [1.29, 1.82) is 0 Å². The zero-order valence-electron chi connectivity index (χ0n) is 18.9. The summed E-state index contributed by atoms with van der Waals surface area (Å²) in [6.45, 7) is 3.76. The van der Waals surface area contributed by atoms with Crippen LogP contribution in [0.25, 0.3) is 0 Å². The van der Waals surface area contributed by atoms with Crippen LogP contribution in [-0.4, -0.2) is 65.8 Å². The molecular weight excluding hydrogens is 475 g/mol. The number of piperazine rings is 1. The van der Waals surface area contributed by atoms with Crippen LogP contribution in [0.5, 0.6) is 5.75 Å².